The minimum atomic E-state index is 0.452. The zero-order valence-corrected chi connectivity index (χ0v) is 14.4. The van der Waals surface area contributed by atoms with Gasteiger partial charge in [0, 0.05) is 5.75 Å². The van der Waals surface area contributed by atoms with Crippen LogP contribution in [-0.4, -0.2) is 37.8 Å². The van der Waals surface area contributed by atoms with Crippen molar-refractivity contribution in [3.05, 3.63) is 0 Å². The Morgan fingerprint density at radius 1 is 1.05 bits per heavy atom. The fourth-order valence-corrected chi connectivity index (χ4v) is 4.30. The molecule has 1 saturated heterocycles. The predicted octanol–water partition coefficient (Wildman–Crippen LogP) is 2.92. The van der Waals surface area contributed by atoms with E-state index < -0.39 is 0 Å². The third-order valence-corrected chi connectivity index (χ3v) is 5.60. The minimum Gasteiger partial charge on any atom is -0.385 e. The van der Waals surface area contributed by atoms with Crippen LogP contribution >= 0.6 is 48.0 Å². The summed E-state index contributed by atoms with van der Waals surface area (Å²) in [5, 5.41) is 0.452. The van der Waals surface area contributed by atoms with Crippen LogP contribution in [0.2, 0.25) is 0 Å². The zero-order valence-electron chi connectivity index (χ0n) is 11.2. The van der Waals surface area contributed by atoms with Gasteiger partial charge in [-0.1, -0.05) is 60.8 Å². The Bertz CT molecular complexity index is 293. The first-order valence-corrected chi connectivity index (χ1v) is 9.40. The van der Waals surface area contributed by atoms with Gasteiger partial charge in [-0.2, -0.15) is 0 Å². The summed E-state index contributed by atoms with van der Waals surface area (Å²) in [7, 11) is 0. The van der Waals surface area contributed by atoms with Crippen LogP contribution in [0.25, 0.3) is 0 Å². The molecule has 1 aliphatic rings. The molecule has 4 N–H and O–H groups in total. The smallest absolute Gasteiger partial charge is 0.132 e. The molecule has 1 fully saturated rings. The molecule has 1 aliphatic heterocycles. The van der Waals surface area contributed by atoms with Crippen LogP contribution in [0.15, 0.2) is 0 Å². The Kier molecular flexibility index (Phi) is 9.40. The molecule has 19 heavy (non-hydrogen) atoms. The van der Waals surface area contributed by atoms with Gasteiger partial charge in [0.2, 0.25) is 0 Å². The van der Waals surface area contributed by atoms with E-state index >= 15 is 0 Å². The van der Waals surface area contributed by atoms with Crippen LogP contribution in [0.3, 0.4) is 0 Å². The summed E-state index contributed by atoms with van der Waals surface area (Å²) in [5.74, 6) is 1.01. The molecule has 1 rings (SSSR count). The molecule has 0 radical (unpaired) electrons. The van der Waals surface area contributed by atoms with Gasteiger partial charge < -0.3 is 11.5 Å². The second-order valence-electron chi connectivity index (χ2n) is 4.65. The fourth-order valence-electron chi connectivity index (χ4n) is 2.25. The molecule has 0 aromatic carbocycles. The van der Waals surface area contributed by atoms with Crippen LogP contribution in [0.5, 0.6) is 0 Å². The van der Waals surface area contributed by atoms with Crippen LogP contribution in [0.4, 0.5) is 0 Å². The van der Waals surface area contributed by atoms with Gasteiger partial charge in [-0.25, -0.2) is 0 Å². The average Bonchev–Trinajstić information content (AvgIpc) is 2.37. The van der Waals surface area contributed by atoms with E-state index in [0.717, 1.165) is 18.6 Å². The van der Waals surface area contributed by atoms with Gasteiger partial charge in [-0.05, 0) is 38.8 Å². The van der Waals surface area contributed by atoms with E-state index in [1.165, 1.54) is 38.8 Å². The maximum atomic E-state index is 5.70. The molecule has 0 amide bonds. The topological polar surface area (TPSA) is 55.3 Å². The van der Waals surface area contributed by atoms with Gasteiger partial charge in [-0.15, -0.1) is 0 Å². The van der Waals surface area contributed by atoms with Gasteiger partial charge in [0.1, 0.15) is 8.64 Å². The van der Waals surface area contributed by atoms with Crippen molar-refractivity contribution in [2.24, 2.45) is 11.5 Å². The van der Waals surface area contributed by atoms with E-state index in [0.29, 0.717) is 14.0 Å². The van der Waals surface area contributed by atoms with Crippen LogP contribution < -0.4 is 11.5 Å². The molecule has 0 bridgehead atoms. The summed E-state index contributed by atoms with van der Waals surface area (Å²) >= 11 is 13.1. The van der Waals surface area contributed by atoms with Crippen LogP contribution in [-0.2, 0) is 0 Å². The number of rotatable bonds is 7. The lowest BCUT2D eigenvalue weighted by molar-refractivity contribution is 0.206. The number of thiocarbonyl (C=S) groups is 2. The monoisotopic (exact) mass is 337 g/mol. The highest BCUT2D eigenvalue weighted by Gasteiger charge is 2.21. The molecule has 1 atom stereocenters. The number of thioether (sulfide) groups is 2. The van der Waals surface area contributed by atoms with Gasteiger partial charge in [-0.3, -0.25) is 4.90 Å². The number of hydrogen-bond acceptors (Lipinski definition) is 5. The summed E-state index contributed by atoms with van der Waals surface area (Å²) < 4.78 is 1.11. The SMILES string of the molecule is NC(=S)SCCCCC(SC(N)=S)N1CCCCC1. The molecule has 7 heteroatoms. The van der Waals surface area contributed by atoms with Gasteiger partial charge >= 0.3 is 0 Å². The Hall–Kier alpha value is 0.440. The lowest BCUT2D eigenvalue weighted by Crippen LogP contribution is -2.38. The van der Waals surface area contributed by atoms with Crippen molar-refractivity contribution in [3.63, 3.8) is 0 Å². The molecule has 110 valence electrons. The molecule has 1 heterocycles. The summed E-state index contributed by atoms with van der Waals surface area (Å²) in [4.78, 5) is 2.54. The lowest BCUT2D eigenvalue weighted by atomic mass is 10.1. The number of hydrogen-bond donors (Lipinski definition) is 2. The quantitative estimate of drug-likeness (QED) is 0.547. The van der Waals surface area contributed by atoms with Crippen molar-refractivity contribution in [1.82, 2.24) is 4.90 Å². The van der Waals surface area contributed by atoms with Crippen molar-refractivity contribution >= 4 is 56.6 Å². The first kappa shape index (κ1) is 17.5. The zero-order chi connectivity index (χ0) is 14.1. The lowest BCUT2D eigenvalue weighted by Gasteiger charge is -2.33. The summed E-state index contributed by atoms with van der Waals surface area (Å²) in [6, 6.07) is 0. The molecule has 0 saturated carbocycles. The number of nitrogens with zero attached hydrogens (tertiary/aromatic N) is 1. The number of unbranched alkanes of at least 4 members (excludes halogenated alkanes) is 1. The first-order valence-electron chi connectivity index (χ1n) is 6.72. The van der Waals surface area contributed by atoms with Gasteiger partial charge in [0.15, 0.2) is 0 Å². The third-order valence-electron chi connectivity index (χ3n) is 3.14. The molecule has 3 nitrogen and oxygen atoms in total. The van der Waals surface area contributed by atoms with Crippen molar-refractivity contribution in [2.75, 3.05) is 18.8 Å². The fraction of sp³-hybridized carbons (Fsp3) is 0.833. The number of likely N-dealkylation sites (tertiary alicyclic amines) is 1. The van der Waals surface area contributed by atoms with Crippen molar-refractivity contribution in [1.29, 1.82) is 0 Å². The summed E-state index contributed by atoms with van der Waals surface area (Å²) in [6.07, 6.45) is 7.40. The Labute approximate surface area is 135 Å². The molecular formula is C12H23N3S4. The van der Waals surface area contributed by atoms with Crippen molar-refractivity contribution in [2.45, 2.75) is 43.9 Å². The molecule has 0 aromatic rings. The van der Waals surface area contributed by atoms with E-state index in [2.05, 4.69) is 4.90 Å². The number of piperidine rings is 1. The largest absolute Gasteiger partial charge is 0.385 e. The normalized spacial score (nSPS) is 18.1. The highest BCUT2D eigenvalue weighted by molar-refractivity contribution is 8.23. The standard InChI is InChI=1S/C12H23N3S4/c13-11(16)18-9-5-2-6-10(19-12(14)17)15-7-3-1-4-8-15/h10H,1-9H2,(H2,13,16)(H2,14,17). The van der Waals surface area contributed by atoms with E-state index in [1.54, 1.807) is 23.5 Å². The number of nitrogens with two attached hydrogens (primary N) is 2. The first-order chi connectivity index (χ1) is 9.09. The Morgan fingerprint density at radius 3 is 2.32 bits per heavy atom. The van der Waals surface area contributed by atoms with Crippen molar-refractivity contribution < 1.29 is 0 Å². The third kappa shape index (κ3) is 8.34. The molecule has 0 spiro atoms. The molecule has 1 unspecified atom stereocenters. The highest BCUT2D eigenvalue weighted by Crippen LogP contribution is 2.25. The van der Waals surface area contributed by atoms with E-state index in [1.807, 2.05) is 0 Å². The minimum absolute atomic E-state index is 0.452. The van der Waals surface area contributed by atoms with Crippen molar-refractivity contribution in [3.8, 4) is 0 Å². The van der Waals surface area contributed by atoms with E-state index in [9.17, 15) is 0 Å². The van der Waals surface area contributed by atoms with Crippen LogP contribution in [0, 0.1) is 0 Å². The summed E-state index contributed by atoms with van der Waals surface area (Å²) in [5.41, 5.74) is 11.2. The maximum absolute atomic E-state index is 5.70. The van der Waals surface area contributed by atoms with E-state index in [-0.39, 0.29) is 0 Å². The van der Waals surface area contributed by atoms with Gasteiger partial charge in [0.25, 0.3) is 0 Å². The highest BCUT2D eigenvalue weighted by atomic mass is 32.2. The average molecular weight is 338 g/mol. The predicted molar refractivity (Wildman–Crippen MR) is 96.7 cm³/mol. The molecule has 0 aromatic heterocycles. The molecular weight excluding hydrogens is 314 g/mol. The molecule has 0 aliphatic carbocycles. The second kappa shape index (κ2) is 10.2. The van der Waals surface area contributed by atoms with E-state index in [4.69, 9.17) is 35.9 Å². The van der Waals surface area contributed by atoms with Gasteiger partial charge in [0.05, 0.1) is 5.37 Å². The Balaban J connectivity index is 2.28. The summed E-state index contributed by atoms with van der Waals surface area (Å²) in [6.45, 7) is 2.36. The maximum Gasteiger partial charge on any atom is 0.132 e. The second-order valence-corrected chi connectivity index (χ2v) is 8.40. The Morgan fingerprint density at radius 2 is 1.74 bits per heavy atom. The van der Waals surface area contributed by atoms with Crippen LogP contribution in [0.1, 0.15) is 38.5 Å².